The van der Waals surface area contributed by atoms with Crippen LogP contribution < -0.4 is 0 Å². The van der Waals surface area contributed by atoms with Gasteiger partial charge in [0.15, 0.2) is 0 Å². The summed E-state index contributed by atoms with van der Waals surface area (Å²) in [5, 5.41) is 20.0. The highest BCUT2D eigenvalue weighted by Crippen LogP contribution is 2.42. The molecule has 0 unspecified atom stereocenters. The van der Waals surface area contributed by atoms with Crippen LogP contribution in [0.25, 0.3) is 0 Å². The molecule has 2 N–H and O–H groups in total. The van der Waals surface area contributed by atoms with E-state index in [1.54, 1.807) is 0 Å². The number of phenolic OH excluding ortho intramolecular Hbond substituents is 1. The molecule has 0 saturated carbocycles. The molecule has 0 heterocycles. The van der Waals surface area contributed by atoms with E-state index >= 15 is 0 Å². The maximum absolute atomic E-state index is 11.3. The van der Waals surface area contributed by atoms with Gasteiger partial charge in [0.25, 0.3) is 0 Å². The molecule has 1 aliphatic rings. The van der Waals surface area contributed by atoms with Gasteiger partial charge < -0.3 is 10.2 Å². The monoisotopic (exact) mass is 358 g/mol. The van der Waals surface area contributed by atoms with Crippen LogP contribution in [0.2, 0.25) is 0 Å². The second-order valence-corrected chi connectivity index (χ2v) is 8.53. The van der Waals surface area contributed by atoms with Gasteiger partial charge in [-0.15, -0.1) is 0 Å². The van der Waals surface area contributed by atoms with E-state index in [4.69, 9.17) is 0 Å². The molecule has 0 amide bonds. The van der Waals surface area contributed by atoms with Crippen LogP contribution in [-0.2, 0) is 10.2 Å². The number of carbonyl (C=O) groups is 1. The van der Waals surface area contributed by atoms with Crippen molar-refractivity contribution in [3.63, 3.8) is 0 Å². The molecule has 3 heteroatoms. The molecule has 1 aliphatic carbocycles. The Labute approximate surface area is 158 Å². The van der Waals surface area contributed by atoms with Gasteiger partial charge in [-0.1, -0.05) is 71.6 Å². The number of aromatic hydroxyl groups is 1. The second-order valence-electron chi connectivity index (χ2n) is 8.53. The summed E-state index contributed by atoms with van der Waals surface area (Å²) in [4.78, 5) is 11.3. The molecule has 0 fully saturated rings. The van der Waals surface area contributed by atoms with Crippen LogP contribution in [-0.4, -0.2) is 16.2 Å². The molecule has 0 saturated heterocycles. The number of unbranched alkanes of at least 4 members (excludes halogenated alkanes) is 3. The number of phenols is 1. The minimum absolute atomic E-state index is 0.0358. The van der Waals surface area contributed by atoms with Gasteiger partial charge in [-0.3, -0.25) is 0 Å². The molecular formula is C23H34O3. The fourth-order valence-electron chi connectivity index (χ4n) is 4.02. The molecule has 0 bridgehead atoms. The van der Waals surface area contributed by atoms with Gasteiger partial charge in [-0.05, 0) is 53.7 Å². The summed E-state index contributed by atoms with van der Waals surface area (Å²) in [7, 11) is 0. The van der Waals surface area contributed by atoms with E-state index < -0.39 is 5.97 Å². The average molecular weight is 359 g/mol. The summed E-state index contributed by atoms with van der Waals surface area (Å²) in [6.07, 6.45) is 9.15. The Balaban J connectivity index is 2.16. The third kappa shape index (κ3) is 4.90. The third-order valence-electron chi connectivity index (χ3n) is 6.00. The molecule has 1 aromatic carbocycles. The molecule has 26 heavy (non-hydrogen) atoms. The van der Waals surface area contributed by atoms with Gasteiger partial charge in [-0.25, -0.2) is 4.79 Å². The third-order valence-corrected chi connectivity index (χ3v) is 6.00. The fraction of sp³-hybridized carbons (Fsp3) is 0.609. The molecule has 2 rings (SSSR count). The van der Waals surface area contributed by atoms with Crippen molar-refractivity contribution < 1.29 is 15.0 Å². The van der Waals surface area contributed by atoms with Crippen LogP contribution in [0.3, 0.4) is 0 Å². The second kappa shape index (κ2) is 8.75. The highest BCUT2D eigenvalue weighted by atomic mass is 16.4. The van der Waals surface area contributed by atoms with Gasteiger partial charge in [-0.2, -0.15) is 0 Å². The summed E-state index contributed by atoms with van der Waals surface area (Å²) in [5.41, 5.74) is 2.55. The lowest BCUT2D eigenvalue weighted by molar-refractivity contribution is -0.133. The van der Waals surface area contributed by atoms with E-state index in [-0.39, 0.29) is 11.3 Å². The molecule has 3 nitrogen and oxygen atoms in total. The Morgan fingerprint density at radius 1 is 1.23 bits per heavy atom. The minimum Gasteiger partial charge on any atom is -0.508 e. The molecule has 0 radical (unpaired) electrons. The SMILES string of the molecule is CCCCCCC(C)(C)c1ccc([C@@H]2CC(C(=O)O)=CC[C@H]2C)c(O)c1. The number of hydrogen-bond donors (Lipinski definition) is 2. The maximum atomic E-state index is 11.3. The maximum Gasteiger partial charge on any atom is 0.331 e. The van der Waals surface area contributed by atoms with Gasteiger partial charge in [0.1, 0.15) is 5.75 Å². The van der Waals surface area contributed by atoms with Crippen LogP contribution in [0, 0.1) is 5.92 Å². The van der Waals surface area contributed by atoms with Crippen LogP contribution in [0.1, 0.15) is 89.7 Å². The number of carboxylic acid groups (broad SMARTS) is 1. The first kappa shape index (κ1) is 20.5. The molecule has 144 valence electrons. The minimum atomic E-state index is -0.841. The summed E-state index contributed by atoms with van der Waals surface area (Å²) >= 11 is 0. The van der Waals surface area contributed by atoms with E-state index in [1.165, 1.54) is 25.7 Å². The number of carboxylic acids is 1. The van der Waals surface area contributed by atoms with Crippen molar-refractivity contribution in [2.75, 3.05) is 0 Å². The highest BCUT2D eigenvalue weighted by Gasteiger charge is 2.29. The lowest BCUT2D eigenvalue weighted by atomic mass is 9.74. The lowest BCUT2D eigenvalue weighted by Gasteiger charge is -2.30. The Bertz CT molecular complexity index is 657. The smallest absolute Gasteiger partial charge is 0.331 e. The Hall–Kier alpha value is -1.77. The summed E-state index contributed by atoms with van der Waals surface area (Å²) < 4.78 is 0. The molecule has 1 aromatic rings. The quantitative estimate of drug-likeness (QED) is 0.547. The van der Waals surface area contributed by atoms with Gasteiger partial charge >= 0.3 is 5.97 Å². The Morgan fingerprint density at radius 3 is 2.58 bits per heavy atom. The van der Waals surface area contributed by atoms with E-state index in [1.807, 2.05) is 18.2 Å². The van der Waals surface area contributed by atoms with E-state index in [9.17, 15) is 15.0 Å². The van der Waals surface area contributed by atoms with Crippen LogP contribution >= 0.6 is 0 Å². The Kier molecular flexibility index (Phi) is 6.91. The van der Waals surface area contributed by atoms with Gasteiger partial charge in [0.05, 0.1) is 0 Å². The van der Waals surface area contributed by atoms with Crippen molar-refractivity contribution >= 4 is 5.97 Å². The molecule has 0 spiro atoms. The van der Waals surface area contributed by atoms with E-state index in [2.05, 4.69) is 33.8 Å². The standard InChI is InChI=1S/C23H34O3/c1-5-6-7-8-13-23(3,4)18-11-12-19(21(24)15-18)20-14-17(22(25)26)10-9-16(20)2/h10-12,15-16,20,24H,5-9,13-14H2,1-4H3,(H,25,26)/t16-,20-/m1/s1. The molecule has 0 aliphatic heterocycles. The molecular weight excluding hydrogens is 324 g/mol. The highest BCUT2D eigenvalue weighted by molar-refractivity contribution is 5.87. The van der Waals surface area contributed by atoms with Crippen molar-refractivity contribution in [1.82, 2.24) is 0 Å². The first-order valence-electron chi connectivity index (χ1n) is 10.0. The van der Waals surface area contributed by atoms with Crippen molar-refractivity contribution in [2.45, 2.75) is 84.0 Å². The molecule has 2 atom stereocenters. The number of benzene rings is 1. The number of rotatable bonds is 8. The number of aliphatic carboxylic acids is 1. The topological polar surface area (TPSA) is 57.5 Å². The summed E-state index contributed by atoms with van der Waals surface area (Å²) in [6, 6.07) is 6.05. The largest absolute Gasteiger partial charge is 0.508 e. The van der Waals surface area contributed by atoms with Crippen molar-refractivity contribution in [2.24, 2.45) is 5.92 Å². The van der Waals surface area contributed by atoms with Crippen molar-refractivity contribution in [3.05, 3.63) is 41.0 Å². The summed E-state index contributed by atoms with van der Waals surface area (Å²) in [6.45, 7) is 8.83. The van der Waals surface area contributed by atoms with Gasteiger partial charge in [0, 0.05) is 5.57 Å². The molecule has 0 aromatic heterocycles. The van der Waals surface area contributed by atoms with Gasteiger partial charge in [0.2, 0.25) is 0 Å². The number of hydrogen-bond acceptors (Lipinski definition) is 2. The van der Waals surface area contributed by atoms with Crippen molar-refractivity contribution in [1.29, 1.82) is 0 Å². The average Bonchev–Trinajstić information content (AvgIpc) is 2.59. The zero-order chi connectivity index (χ0) is 19.3. The van der Waals surface area contributed by atoms with Crippen LogP contribution in [0.5, 0.6) is 5.75 Å². The zero-order valence-corrected chi connectivity index (χ0v) is 16.7. The predicted octanol–water partition coefficient (Wildman–Crippen LogP) is 6.16. The normalized spacial score (nSPS) is 20.7. The van der Waals surface area contributed by atoms with Crippen LogP contribution in [0.4, 0.5) is 0 Å². The Morgan fingerprint density at radius 2 is 1.96 bits per heavy atom. The van der Waals surface area contributed by atoms with E-state index in [0.29, 0.717) is 23.7 Å². The zero-order valence-electron chi connectivity index (χ0n) is 16.7. The fourth-order valence-corrected chi connectivity index (χ4v) is 4.02. The predicted molar refractivity (Wildman–Crippen MR) is 107 cm³/mol. The van der Waals surface area contributed by atoms with Crippen LogP contribution in [0.15, 0.2) is 29.8 Å². The first-order valence-corrected chi connectivity index (χ1v) is 10.0. The number of allylic oxidation sites excluding steroid dienone is 1. The summed E-state index contributed by atoms with van der Waals surface area (Å²) in [5.74, 6) is -0.136. The van der Waals surface area contributed by atoms with Crippen molar-refractivity contribution in [3.8, 4) is 5.75 Å². The lowest BCUT2D eigenvalue weighted by Crippen LogP contribution is -2.20. The first-order chi connectivity index (χ1) is 12.3. The van der Waals surface area contributed by atoms with E-state index in [0.717, 1.165) is 24.0 Å².